The van der Waals surface area contributed by atoms with Crippen molar-refractivity contribution in [3.05, 3.63) is 60.9 Å². The molecule has 0 unspecified atom stereocenters. The van der Waals surface area contributed by atoms with Crippen LogP contribution in [0, 0.1) is 0 Å². The summed E-state index contributed by atoms with van der Waals surface area (Å²) in [5.41, 5.74) is 0.891. The second kappa shape index (κ2) is 9.28. The Labute approximate surface area is 158 Å². The number of aromatic nitrogens is 2. The molecule has 0 fully saturated rings. The van der Waals surface area contributed by atoms with Gasteiger partial charge in [0.1, 0.15) is 41.8 Å². The summed E-state index contributed by atoms with van der Waals surface area (Å²) in [7, 11) is 3.28. The van der Waals surface area contributed by atoms with Crippen LogP contribution >= 0.6 is 0 Å². The van der Waals surface area contributed by atoms with Crippen molar-refractivity contribution < 1.29 is 14.2 Å². The van der Waals surface area contributed by atoms with Crippen LogP contribution in [0.4, 0.5) is 17.3 Å². The lowest BCUT2D eigenvalue weighted by Crippen LogP contribution is -2.12. The minimum absolute atomic E-state index is 0.509. The summed E-state index contributed by atoms with van der Waals surface area (Å²) >= 11 is 0. The van der Waals surface area contributed by atoms with Crippen LogP contribution in [-0.2, 0) is 0 Å². The van der Waals surface area contributed by atoms with Gasteiger partial charge in [-0.25, -0.2) is 9.97 Å². The zero-order valence-corrected chi connectivity index (χ0v) is 15.3. The number of rotatable bonds is 9. The number of hydrogen-bond acceptors (Lipinski definition) is 7. The van der Waals surface area contributed by atoms with Crippen molar-refractivity contribution >= 4 is 17.3 Å². The molecule has 0 bridgehead atoms. The molecule has 0 radical (unpaired) electrons. The largest absolute Gasteiger partial charge is 0.497 e. The third kappa shape index (κ3) is 5.50. The highest BCUT2D eigenvalue weighted by atomic mass is 16.5. The number of benzene rings is 2. The van der Waals surface area contributed by atoms with Gasteiger partial charge in [-0.15, -0.1) is 0 Å². The minimum atomic E-state index is 0.509. The fourth-order valence-corrected chi connectivity index (χ4v) is 2.39. The number of hydrogen-bond donors (Lipinski definition) is 2. The van der Waals surface area contributed by atoms with Crippen molar-refractivity contribution in [3.8, 4) is 17.2 Å². The van der Waals surface area contributed by atoms with Gasteiger partial charge in [0.15, 0.2) is 0 Å². The summed E-state index contributed by atoms with van der Waals surface area (Å²) in [4.78, 5) is 8.46. The van der Waals surface area contributed by atoms with E-state index >= 15 is 0 Å². The molecule has 1 aromatic heterocycles. The lowest BCUT2D eigenvalue weighted by Gasteiger charge is -2.10. The van der Waals surface area contributed by atoms with Crippen LogP contribution in [0.2, 0.25) is 0 Å². The molecule has 0 amide bonds. The van der Waals surface area contributed by atoms with Gasteiger partial charge in [0.25, 0.3) is 0 Å². The Morgan fingerprint density at radius 2 is 1.56 bits per heavy atom. The summed E-state index contributed by atoms with van der Waals surface area (Å²) in [6, 6.07) is 17.0. The van der Waals surface area contributed by atoms with Crippen LogP contribution in [0.1, 0.15) is 0 Å². The van der Waals surface area contributed by atoms with Gasteiger partial charge in [-0.2, -0.15) is 0 Å². The minimum Gasteiger partial charge on any atom is -0.497 e. The summed E-state index contributed by atoms with van der Waals surface area (Å²) < 4.78 is 16.0. The normalized spacial score (nSPS) is 10.1. The maximum absolute atomic E-state index is 5.69. The molecule has 3 rings (SSSR count). The fraction of sp³-hybridized carbons (Fsp3) is 0.200. The van der Waals surface area contributed by atoms with Crippen molar-refractivity contribution in [2.45, 2.75) is 0 Å². The monoisotopic (exact) mass is 366 g/mol. The smallest absolute Gasteiger partial charge is 0.135 e. The van der Waals surface area contributed by atoms with E-state index in [0.29, 0.717) is 24.8 Å². The molecule has 0 saturated heterocycles. The van der Waals surface area contributed by atoms with Crippen LogP contribution in [0.15, 0.2) is 60.9 Å². The summed E-state index contributed by atoms with van der Waals surface area (Å²) in [5.74, 6) is 3.78. The van der Waals surface area contributed by atoms with E-state index in [9.17, 15) is 0 Å². The lowest BCUT2D eigenvalue weighted by molar-refractivity contribution is 0.331. The molecular formula is C20H22N4O3. The quantitative estimate of drug-likeness (QED) is 0.559. The Morgan fingerprint density at radius 3 is 2.33 bits per heavy atom. The second-order valence-corrected chi connectivity index (χ2v) is 5.60. The third-order valence-corrected chi connectivity index (χ3v) is 3.75. The van der Waals surface area contributed by atoms with E-state index in [1.165, 1.54) is 6.33 Å². The summed E-state index contributed by atoms with van der Waals surface area (Å²) in [6.45, 7) is 1.12. The first kappa shape index (κ1) is 18.3. The van der Waals surface area contributed by atoms with Crippen LogP contribution in [-0.4, -0.2) is 37.3 Å². The van der Waals surface area contributed by atoms with Gasteiger partial charge in [0, 0.05) is 17.8 Å². The highest BCUT2D eigenvalue weighted by molar-refractivity contribution is 5.60. The molecule has 0 aliphatic rings. The lowest BCUT2D eigenvalue weighted by atomic mass is 10.3. The average molecular weight is 366 g/mol. The maximum Gasteiger partial charge on any atom is 0.135 e. The highest BCUT2D eigenvalue weighted by Gasteiger charge is 2.01. The molecule has 0 aliphatic carbocycles. The molecule has 2 N–H and O–H groups in total. The molecule has 27 heavy (non-hydrogen) atoms. The predicted octanol–water partition coefficient (Wildman–Crippen LogP) is 3.73. The van der Waals surface area contributed by atoms with Crippen LogP contribution in [0.3, 0.4) is 0 Å². The van der Waals surface area contributed by atoms with Gasteiger partial charge in [-0.05, 0) is 36.4 Å². The Hall–Kier alpha value is -3.48. The van der Waals surface area contributed by atoms with Gasteiger partial charge in [0.2, 0.25) is 0 Å². The van der Waals surface area contributed by atoms with E-state index in [4.69, 9.17) is 14.2 Å². The Bertz CT molecular complexity index is 856. The molecule has 3 aromatic rings. The van der Waals surface area contributed by atoms with E-state index in [0.717, 1.165) is 22.9 Å². The van der Waals surface area contributed by atoms with Crippen molar-refractivity contribution in [2.24, 2.45) is 0 Å². The SMILES string of the molecule is COc1ccc(OCCNc2cc(Nc3cccc(OC)c3)ncn2)cc1. The van der Waals surface area contributed by atoms with Gasteiger partial charge >= 0.3 is 0 Å². The van der Waals surface area contributed by atoms with E-state index in [2.05, 4.69) is 20.6 Å². The van der Waals surface area contributed by atoms with Crippen molar-refractivity contribution in [1.29, 1.82) is 0 Å². The Balaban J connectivity index is 1.49. The molecule has 0 saturated carbocycles. The van der Waals surface area contributed by atoms with Crippen LogP contribution < -0.4 is 24.8 Å². The summed E-state index contributed by atoms with van der Waals surface area (Å²) in [6.07, 6.45) is 1.51. The molecule has 1 heterocycles. The zero-order valence-electron chi connectivity index (χ0n) is 15.3. The van der Waals surface area contributed by atoms with E-state index in [-0.39, 0.29) is 0 Å². The molecule has 7 nitrogen and oxygen atoms in total. The van der Waals surface area contributed by atoms with E-state index in [1.54, 1.807) is 14.2 Å². The molecular weight excluding hydrogens is 344 g/mol. The Kier molecular flexibility index (Phi) is 6.30. The summed E-state index contributed by atoms with van der Waals surface area (Å²) in [5, 5.41) is 6.45. The molecule has 2 aromatic carbocycles. The fourth-order valence-electron chi connectivity index (χ4n) is 2.39. The molecule has 7 heteroatoms. The van der Waals surface area contributed by atoms with Crippen molar-refractivity contribution in [3.63, 3.8) is 0 Å². The van der Waals surface area contributed by atoms with Crippen LogP contribution in [0.25, 0.3) is 0 Å². The number of ether oxygens (including phenoxy) is 3. The van der Waals surface area contributed by atoms with Gasteiger partial charge in [-0.1, -0.05) is 6.07 Å². The number of anilines is 3. The van der Waals surface area contributed by atoms with Crippen molar-refractivity contribution in [1.82, 2.24) is 9.97 Å². The maximum atomic E-state index is 5.69. The number of methoxy groups -OCH3 is 2. The molecule has 0 spiro atoms. The Morgan fingerprint density at radius 1 is 0.815 bits per heavy atom. The zero-order chi connectivity index (χ0) is 18.9. The van der Waals surface area contributed by atoms with E-state index < -0.39 is 0 Å². The van der Waals surface area contributed by atoms with Gasteiger partial charge in [-0.3, -0.25) is 0 Å². The van der Waals surface area contributed by atoms with E-state index in [1.807, 2.05) is 54.6 Å². The topological polar surface area (TPSA) is 77.5 Å². The highest BCUT2D eigenvalue weighted by Crippen LogP contribution is 2.21. The molecule has 0 atom stereocenters. The average Bonchev–Trinajstić information content (AvgIpc) is 2.72. The van der Waals surface area contributed by atoms with Gasteiger partial charge in [0.05, 0.1) is 20.8 Å². The predicted molar refractivity (Wildman–Crippen MR) is 105 cm³/mol. The standard InChI is InChI=1S/C20H22N4O3/c1-25-16-6-8-17(9-7-16)27-11-10-21-19-13-20(23-14-22-19)24-15-4-3-5-18(12-15)26-2/h3-9,12-14H,10-11H2,1-2H3,(H2,21,22,23,24). The number of nitrogens with zero attached hydrogens (tertiary/aromatic N) is 2. The number of nitrogens with one attached hydrogen (secondary N) is 2. The van der Waals surface area contributed by atoms with Crippen molar-refractivity contribution in [2.75, 3.05) is 38.0 Å². The molecule has 140 valence electrons. The first-order valence-electron chi connectivity index (χ1n) is 8.50. The first-order chi connectivity index (χ1) is 13.3. The van der Waals surface area contributed by atoms with Crippen LogP contribution in [0.5, 0.6) is 17.2 Å². The first-order valence-corrected chi connectivity index (χ1v) is 8.50. The molecule has 0 aliphatic heterocycles. The third-order valence-electron chi connectivity index (χ3n) is 3.75. The second-order valence-electron chi connectivity index (χ2n) is 5.60. The van der Waals surface area contributed by atoms with Gasteiger partial charge < -0.3 is 24.8 Å².